The molecule has 0 unspecified atom stereocenters. The van der Waals surface area contributed by atoms with Crippen molar-refractivity contribution in [3.8, 4) is 0 Å². The van der Waals surface area contributed by atoms with E-state index in [0.29, 0.717) is 17.8 Å². The topological polar surface area (TPSA) is 58.2 Å². The lowest BCUT2D eigenvalue weighted by atomic mass is 9.86. The highest BCUT2D eigenvalue weighted by Gasteiger charge is 2.41. The van der Waals surface area contributed by atoms with Crippen LogP contribution in [0.3, 0.4) is 0 Å². The van der Waals surface area contributed by atoms with Crippen molar-refractivity contribution >= 4 is 17.5 Å². The van der Waals surface area contributed by atoms with Crippen molar-refractivity contribution in [3.63, 3.8) is 0 Å². The molecule has 3 rings (SSSR count). The quantitative estimate of drug-likeness (QED) is 0.843. The van der Waals surface area contributed by atoms with Crippen molar-refractivity contribution in [3.05, 3.63) is 64.5 Å². The smallest absolute Gasteiger partial charge is 0.237 e. The molecule has 1 saturated heterocycles. The molecule has 1 fully saturated rings. The van der Waals surface area contributed by atoms with Gasteiger partial charge >= 0.3 is 0 Å². The molecule has 0 saturated carbocycles. The summed E-state index contributed by atoms with van der Waals surface area (Å²) in [7, 11) is 0. The van der Waals surface area contributed by atoms with Gasteiger partial charge in [-0.3, -0.25) is 9.59 Å². The maximum Gasteiger partial charge on any atom is 0.237 e. The van der Waals surface area contributed by atoms with Gasteiger partial charge in [-0.25, -0.2) is 4.39 Å². The maximum atomic E-state index is 13.7. The molecule has 2 aromatic rings. The fourth-order valence-corrected chi connectivity index (χ4v) is 3.18. The first-order valence-electron chi connectivity index (χ1n) is 8.29. The Kier molecular flexibility index (Phi) is 4.57. The first-order valence-corrected chi connectivity index (χ1v) is 8.29. The Bertz CT molecular complexity index is 848. The molecule has 0 aromatic heterocycles. The van der Waals surface area contributed by atoms with Gasteiger partial charge < -0.3 is 10.6 Å². The van der Waals surface area contributed by atoms with Gasteiger partial charge in [0.25, 0.3) is 0 Å². The molecule has 1 aliphatic heterocycles. The number of nitrogens with one attached hydrogen (secondary N) is 2. The normalized spacial score (nSPS) is 19.6. The van der Waals surface area contributed by atoms with Gasteiger partial charge in [0.05, 0.1) is 0 Å². The highest BCUT2D eigenvalue weighted by Crippen LogP contribution is 2.31. The molecular weight excluding hydrogens is 319 g/mol. The molecule has 2 amide bonds. The van der Waals surface area contributed by atoms with Crippen LogP contribution in [-0.4, -0.2) is 18.4 Å². The monoisotopic (exact) mass is 340 g/mol. The summed E-state index contributed by atoms with van der Waals surface area (Å²) in [4.78, 5) is 25.0. The number of carbonyl (C=O) groups is 2. The highest BCUT2D eigenvalue weighted by molar-refractivity contribution is 6.08. The second kappa shape index (κ2) is 6.67. The van der Waals surface area contributed by atoms with Crippen LogP contribution in [0.15, 0.2) is 36.4 Å². The molecular formula is C20H21FN2O2. The lowest BCUT2D eigenvalue weighted by molar-refractivity contribution is -0.130. The Morgan fingerprint density at radius 2 is 1.92 bits per heavy atom. The van der Waals surface area contributed by atoms with Gasteiger partial charge in [-0.05, 0) is 49.6 Å². The van der Waals surface area contributed by atoms with Gasteiger partial charge in [0.2, 0.25) is 11.8 Å². The molecule has 0 radical (unpaired) electrons. The molecule has 2 aromatic carbocycles. The van der Waals surface area contributed by atoms with E-state index in [1.54, 1.807) is 13.0 Å². The Morgan fingerprint density at radius 3 is 2.64 bits per heavy atom. The van der Waals surface area contributed by atoms with Gasteiger partial charge in [0, 0.05) is 23.7 Å². The van der Waals surface area contributed by atoms with Crippen LogP contribution in [0, 0.1) is 32.5 Å². The van der Waals surface area contributed by atoms with Crippen molar-refractivity contribution in [2.45, 2.75) is 26.7 Å². The Labute approximate surface area is 146 Å². The standard InChI is InChI=1S/C20H21FN2O2/c1-11-7-8-14(9-12(11)2)15-10-22-19(24)18(15)20(25)23-17-6-4-5-16(21)13(17)3/h4-9,15,18H,10H2,1-3H3,(H,22,24)(H,23,25)/t15-,18-/m1/s1. The van der Waals surface area contributed by atoms with Crippen LogP contribution < -0.4 is 10.6 Å². The molecule has 25 heavy (non-hydrogen) atoms. The van der Waals surface area contributed by atoms with E-state index < -0.39 is 11.8 Å². The molecule has 4 nitrogen and oxygen atoms in total. The van der Waals surface area contributed by atoms with Crippen LogP contribution in [0.2, 0.25) is 0 Å². The molecule has 2 atom stereocenters. The van der Waals surface area contributed by atoms with E-state index in [2.05, 4.69) is 10.6 Å². The predicted octanol–water partition coefficient (Wildman–Crippen LogP) is 3.22. The minimum atomic E-state index is -0.829. The summed E-state index contributed by atoms with van der Waals surface area (Å²) >= 11 is 0. The summed E-state index contributed by atoms with van der Waals surface area (Å²) in [6, 6.07) is 10.5. The second-order valence-electron chi connectivity index (χ2n) is 6.57. The average Bonchev–Trinajstić information content (AvgIpc) is 2.96. The Balaban J connectivity index is 1.87. The minimum Gasteiger partial charge on any atom is -0.355 e. The van der Waals surface area contributed by atoms with Gasteiger partial charge in [-0.15, -0.1) is 0 Å². The molecule has 1 aliphatic rings. The van der Waals surface area contributed by atoms with Crippen molar-refractivity contribution in [2.24, 2.45) is 5.92 Å². The van der Waals surface area contributed by atoms with E-state index in [1.807, 2.05) is 32.0 Å². The lowest BCUT2D eigenvalue weighted by Crippen LogP contribution is -2.32. The molecule has 2 N–H and O–H groups in total. The molecule has 130 valence electrons. The number of benzene rings is 2. The number of aryl methyl sites for hydroxylation is 2. The van der Waals surface area contributed by atoms with Crippen molar-refractivity contribution < 1.29 is 14.0 Å². The van der Waals surface area contributed by atoms with E-state index in [0.717, 1.165) is 16.7 Å². The Morgan fingerprint density at radius 1 is 1.16 bits per heavy atom. The average molecular weight is 340 g/mol. The number of hydrogen-bond donors (Lipinski definition) is 2. The zero-order valence-corrected chi connectivity index (χ0v) is 14.5. The number of halogens is 1. The summed E-state index contributed by atoms with van der Waals surface area (Å²) in [5.74, 6) is -2.16. The minimum absolute atomic E-state index is 0.235. The van der Waals surface area contributed by atoms with E-state index in [-0.39, 0.29) is 17.6 Å². The molecule has 0 bridgehead atoms. The third kappa shape index (κ3) is 3.27. The molecule has 1 heterocycles. The number of amides is 2. The van der Waals surface area contributed by atoms with Gasteiger partial charge in [-0.2, -0.15) is 0 Å². The van der Waals surface area contributed by atoms with E-state index in [9.17, 15) is 14.0 Å². The third-order valence-corrected chi connectivity index (χ3v) is 4.95. The van der Waals surface area contributed by atoms with Crippen LogP contribution in [0.1, 0.15) is 28.2 Å². The van der Waals surface area contributed by atoms with Crippen molar-refractivity contribution in [1.82, 2.24) is 5.32 Å². The summed E-state index contributed by atoms with van der Waals surface area (Å²) in [5, 5.41) is 5.48. The van der Waals surface area contributed by atoms with Crippen LogP contribution >= 0.6 is 0 Å². The Hall–Kier alpha value is -2.69. The van der Waals surface area contributed by atoms with Gasteiger partial charge in [0.15, 0.2) is 0 Å². The van der Waals surface area contributed by atoms with Gasteiger partial charge in [0.1, 0.15) is 11.7 Å². The second-order valence-corrected chi connectivity index (χ2v) is 6.57. The number of carbonyl (C=O) groups excluding carboxylic acids is 2. The van der Waals surface area contributed by atoms with E-state index in [4.69, 9.17) is 0 Å². The largest absolute Gasteiger partial charge is 0.355 e. The summed E-state index contributed by atoms with van der Waals surface area (Å²) in [6.45, 7) is 6.05. The summed E-state index contributed by atoms with van der Waals surface area (Å²) in [6.07, 6.45) is 0. The first-order chi connectivity index (χ1) is 11.9. The number of hydrogen-bond acceptors (Lipinski definition) is 2. The van der Waals surface area contributed by atoms with Crippen LogP contribution in [-0.2, 0) is 9.59 Å². The van der Waals surface area contributed by atoms with Crippen molar-refractivity contribution in [2.75, 3.05) is 11.9 Å². The first kappa shape index (κ1) is 17.1. The number of rotatable bonds is 3. The molecule has 0 spiro atoms. The summed E-state index contributed by atoms with van der Waals surface area (Å²) in [5.41, 5.74) is 3.99. The number of anilines is 1. The highest BCUT2D eigenvalue weighted by atomic mass is 19.1. The summed E-state index contributed by atoms with van der Waals surface area (Å²) < 4.78 is 13.7. The SMILES string of the molecule is Cc1ccc([C@H]2CNC(=O)[C@@H]2C(=O)Nc2cccc(F)c2C)cc1C. The van der Waals surface area contributed by atoms with E-state index in [1.165, 1.54) is 12.1 Å². The zero-order chi connectivity index (χ0) is 18.1. The van der Waals surface area contributed by atoms with Crippen LogP contribution in [0.25, 0.3) is 0 Å². The molecule has 0 aliphatic carbocycles. The zero-order valence-electron chi connectivity index (χ0n) is 14.5. The lowest BCUT2D eigenvalue weighted by Gasteiger charge is -2.18. The fourth-order valence-electron chi connectivity index (χ4n) is 3.18. The maximum absolute atomic E-state index is 13.7. The van der Waals surface area contributed by atoms with Crippen LogP contribution in [0.4, 0.5) is 10.1 Å². The molecule has 5 heteroatoms. The van der Waals surface area contributed by atoms with Gasteiger partial charge in [-0.1, -0.05) is 24.3 Å². The third-order valence-electron chi connectivity index (χ3n) is 4.95. The van der Waals surface area contributed by atoms with Crippen molar-refractivity contribution in [1.29, 1.82) is 0 Å². The fraction of sp³-hybridized carbons (Fsp3) is 0.300. The predicted molar refractivity (Wildman–Crippen MR) is 94.9 cm³/mol. The van der Waals surface area contributed by atoms with E-state index >= 15 is 0 Å². The van der Waals surface area contributed by atoms with Crippen LogP contribution in [0.5, 0.6) is 0 Å².